The van der Waals surface area contributed by atoms with Crippen LogP contribution in [0.5, 0.6) is 17.2 Å². The quantitative estimate of drug-likeness (QED) is 0.0988. The van der Waals surface area contributed by atoms with Gasteiger partial charge >= 0.3 is 107 Å². The second kappa shape index (κ2) is 34.2. The molecule has 356 valence electrons. The third-order valence-corrected chi connectivity index (χ3v) is 9.86. The van der Waals surface area contributed by atoms with Gasteiger partial charge < -0.3 is 15.3 Å². The summed E-state index contributed by atoms with van der Waals surface area (Å²) in [5.41, 5.74) is 4.63. The fraction of sp³-hybridized carbons (Fsp3) is 0.188. The van der Waals surface area contributed by atoms with E-state index in [9.17, 15) is 24.1 Å². The molecule has 7 aromatic rings. The van der Waals surface area contributed by atoms with Crippen LogP contribution in [-0.4, -0.2) is 48.0 Å². The van der Waals surface area contributed by atoms with Crippen molar-refractivity contribution in [1.29, 1.82) is 0 Å². The molecule has 8 rings (SSSR count). The summed E-state index contributed by atoms with van der Waals surface area (Å²) in [7, 11) is 29.3. The van der Waals surface area contributed by atoms with E-state index in [1.165, 1.54) is 50.5 Å². The number of benzene rings is 4. The zero-order chi connectivity index (χ0) is 49.7. The Morgan fingerprint density at radius 2 is 0.912 bits per heavy atom. The van der Waals surface area contributed by atoms with Crippen LogP contribution >= 0.6 is 55.8 Å². The second-order valence-corrected chi connectivity index (χ2v) is 22.3. The third kappa shape index (κ3) is 21.1. The van der Waals surface area contributed by atoms with Gasteiger partial charge in [-0.05, 0) is 108 Å². The maximum atomic E-state index is 13.3. The fourth-order valence-corrected chi connectivity index (χ4v) is 6.78. The van der Waals surface area contributed by atoms with Crippen LogP contribution in [0.25, 0.3) is 11.1 Å². The molecule has 0 saturated heterocycles. The average molecular weight is 1150 g/mol. The number of rotatable bonds is 9. The van der Waals surface area contributed by atoms with Gasteiger partial charge in [-0.3, -0.25) is 0 Å². The van der Waals surface area contributed by atoms with Crippen LogP contribution in [0, 0.1) is 11.6 Å². The van der Waals surface area contributed by atoms with E-state index in [1.54, 1.807) is 57.1 Å². The molecule has 68 heavy (non-hydrogen) atoms. The number of nitrogens with zero attached hydrogens (tertiary/aromatic N) is 6. The molecule has 0 bridgehead atoms. The Bertz CT molecular complexity index is 2540. The van der Waals surface area contributed by atoms with E-state index in [2.05, 4.69) is 35.2 Å². The average Bonchev–Trinajstić information content (AvgIpc) is 4.16. The van der Waals surface area contributed by atoms with Crippen molar-refractivity contribution in [3.05, 3.63) is 186 Å². The topological polar surface area (TPSA) is 113 Å². The van der Waals surface area contributed by atoms with Crippen molar-refractivity contribution in [2.75, 3.05) is 0 Å². The number of para-hydroxylation sites is 3. The van der Waals surface area contributed by atoms with Crippen LogP contribution in [0.15, 0.2) is 162 Å². The van der Waals surface area contributed by atoms with E-state index in [0.29, 0.717) is 34.5 Å². The monoisotopic (exact) mass is 1150 g/mol. The first-order valence-electron chi connectivity index (χ1n) is 20.7. The number of aromatic hydroxyl groups is 3. The number of phenols is 3. The Morgan fingerprint density at radius 3 is 1.34 bits per heavy atom. The molecule has 1 aliphatic carbocycles. The molecule has 0 atom stereocenters. The minimum absolute atomic E-state index is 0.0802. The van der Waals surface area contributed by atoms with E-state index in [-0.39, 0.29) is 11.3 Å². The van der Waals surface area contributed by atoms with Crippen molar-refractivity contribution >= 4 is 74.5 Å². The number of halogens is 8. The summed E-state index contributed by atoms with van der Waals surface area (Å²) in [6.45, 7) is 4.11. The van der Waals surface area contributed by atoms with Gasteiger partial charge in [0.05, 0.1) is 18.6 Å². The van der Waals surface area contributed by atoms with Crippen molar-refractivity contribution in [3.8, 4) is 28.4 Å². The SMILES string of the molecule is CC(C)c1cccc(C=Nn2cccc2)c1O.Oc1c(C=Nn2cccc2)cccc1-c1cc(F)cc(F)c1.Oc1c(C=Nn2cccc2)cccc1C1CCCCC1.[Cl][Ti][Cl].[Cl][Ti][Cl].[Cl][Ti][Cl]. The summed E-state index contributed by atoms with van der Waals surface area (Å²) in [4.78, 5) is 0. The van der Waals surface area contributed by atoms with Gasteiger partial charge in [0.1, 0.15) is 28.9 Å². The molecule has 1 saturated carbocycles. The second-order valence-electron chi connectivity index (χ2n) is 14.6. The number of hydrogen-bond acceptors (Lipinski definition) is 6. The molecule has 0 radical (unpaired) electrons. The van der Waals surface area contributed by atoms with Crippen LogP contribution in [0.2, 0.25) is 0 Å². The molecular weight excluding hydrogens is 1100 g/mol. The molecule has 0 aliphatic heterocycles. The molecule has 20 heteroatoms. The van der Waals surface area contributed by atoms with Gasteiger partial charge in [-0.2, -0.15) is 15.3 Å². The van der Waals surface area contributed by atoms with Crippen LogP contribution in [0.1, 0.15) is 85.6 Å². The molecule has 0 amide bonds. The Balaban J connectivity index is 0.000000249. The summed E-state index contributed by atoms with van der Waals surface area (Å²) < 4.78 is 31.7. The number of phenolic OH excluding ortho intramolecular Hbond substituents is 3. The standard InChI is InChI=1S/C17H12F2N2O.C17H20N2O.C14H16N2O.6ClH.3Ti/c18-14-8-13(9-15(19)10-14)16-5-3-4-12(17(16)22)11-20-21-6-1-2-7-21;20-17-15(13-18-19-11-4-5-12-19)9-6-10-16(17)14-7-2-1-3-8-14;1-11(2)13-7-5-6-12(14(13)17)10-15-16-8-3-4-9-16;;;;;;;;;/h1-11,22H;4-6,9-14,20H,1-3,7-8H2;3-11,17H,1-2H3;6*1H;;;/q;;;;;;;;;3*+2/p-6. The summed E-state index contributed by atoms with van der Waals surface area (Å²) >= 11 is -1.67. The fourth-order valence-electron chi connectivity index (χ4n) is 6.78. The Labute approximate surface area is 446 Å². The first kappa shape index (κ1) is 59.2. The summed E-state index contributed by atoms with van der Waals surface area (Å²) in [6, 6.07) is 31.1. The molecule has 3 aromatic heterocycles. The van der Waals surface area contributed by atoms with Crippen LogP contribution in [0.3, 0.4) is 0 Å². The van der Waals surface area contributed by atoms with Gasteiger partial charge in [0.25, 0.3) is 0 Å². The molecular formula is C48H48Cl6F2N6O3Ti3. The van der Waals surface area contributed by atoms with Crippen molar-refractivity contribution in [2.24, 2.45) is 15.3 Å². The zero-order valence-electron chi connectivity index (χ0n) is 36.8. The molecule has 0 unspecified atom stereocenters. The van der Waals surface area contributed by atoms with Gasteiger partial charge in [-0.1, -0.05) is 69.5 Å². The first-order valence-corrected chi connectivity index (χ1v) is 33.6. The predicted octanol–water partition coefficient (Wildman–Crippen LogP) is 15.5. The summed E-state index contributed by atoms with van der Waals surface area (Å²) in [5, 5.41) is 43.6. The Kier molecular flexibility index (Phi) is 29.8. The van der Waals surface area contributed by atoms with E-state index in [4.69, 9.17) is 55.8 Å². The van der Waals surface area contributed by atoms with E-state index in [0.717, 1.165) is 28.3 Å². The van der Waals surface area contributed by atoms with Gasteiger partial charge in [0.2, 0.25) is 0 Å². The molecule has 0 spiro atoms. The maximum absolute atomic E-state index is 13.3. The van der Waals surface area contributed by atoms with Crippen molar-refractivity contribution in [2.45, 2.75) is 57.8 Å². The number of hydrogen-bond donors (Lipinski definition) is 3. The summed E-state index contributed by atoms with van der Waals surface area (Å²) in [6.07, 6.45) is 22.0. The molecule has 1 fully saturated rings. The Hall–Kier alpha value is -3.13. The van der Waals surface area contributed by atoms with Crippen molar-refractivity contribution in [1.82, 2.24) is 14.0 Å². The van der Waals surface area contributed by atoms with E-state index in [1.807, 2.05) is 91.5 Å². The minimum atomic E-state index is -0.694. The van der Waals surface area contributed by atoms with Crippen LogP contribution in [0.4, 0.5) is 8.78 Å². The molecule has 3 N–H and O–H groups in total. The molecule has 4 aromatic carbocycles. The van der Waals surface area contributed by atoms with Gasteiger partial charge in [-0.15, -0.1) is 0 Å². The van der Waals surface area contributed by atoms with Gasteiger partial charge in [-0.25, -0.2) is 22.8 Å². The van der Waals surface area contributed by atoms with Crippen molar-refractivity contribution in [3.63, 3.8) is 0 Å². The van der Waals surface area contributed by atoms with E-state index >= 15 is 0 Å². The third-order valence-electron chi connectivity index (χ3n) is 9.86. The first-order chi connectivity index (χ1) is 32.9. The van der Waals surface area contributed by atoms with Gasteiger partial charge in [0.15, 0.2) is 0 Å². The normalized spacial score (nSPS) is 12.0. The van der Waals surface area contributed by atoms with Gasteiger partial charge in [0, 0.05) is 65.5 Å². The van der Waals surface area contributed by atoms with Crippen molar-refractivity contribution < 1.29 is 75.2 Å². The molecule has 1 aliphatic rings. The number of aromatic nitrogens is 3. The zero-order valence-corrected chi connectivity index (χ0v) is 46.0. The molecule has 9 nitrogen and oxygen atoms in total. The predicted molar refractivity (Wildman–Crippen MR) is 267 cm³/mol. The van der Waals surface area contributed by atoms with Crippen LogP contribution < -0.4 is 0 Å². The molecule has 3 heterocycles. The van der Waals surface area contributed by atoms with E-state index < -0.39 is 62.7 Å². The summed E-state index contributed by atoms with van der Waals surface area (Å²) in [5.74, 6) is 0.0531. The van der Waals surface area contributed by atoms with Crippen LogP contribution in [-0.2, 0) is 51.1 Å². The Morgan fingerprint density at radius 1 is 0.529 bits per heavy atom.